The Morgan fingerprint density at radius 3 is 2.88 bits per heavy atom. The van der Waals surface area contributed by atoms with Gasteiger partial charge in [0, 0.05) is 18.2 Å². The monoisotopic (exact) mass is 235 g/mol. The van der Waals surface area contributed by atoms with Gasteiger partial charge in [0.25, 0.3) is 0 Å². The van der Waals surface area contributed by atoms with Crippen LogP contribution in [0.2, 0.25) is 0 Å². The van der Waals surface area contributed by atoms with E-state index in [4.69, 9.17) is 9.47 Å². The van der Waals surface area contributed by atoms with Gasteiger partial charge in [-0.1, -0.05) is 12.1 Å². The summed E-state index contributed by atoms with van der Waals surface area (Å²) >= 11 is 0. The number of hydrogen-bond donors (Lipinski definition) is 1. The van der Waals surface area contributed by atoms with E-state index >= 15 is 0 Å². The zero-order valence-electron chi connectivity index (χ0n) is 10.7. The average Bonchev–Trinajstić information content (AvgIpc) is 2.36. The molecule has 1 rings (SSSR count). The topological polar surface area (TPSA) is 30.5 Å². The zero-order valence-corrected chi connectivity index (χ0v) is 10.7. The lowest BCUT2D eigenvalue weighted by molar-refractivity contribution is 0.306. The Hall–Kier alpha value is -1.48. The molecule has 1 aromatic rings. The highest BCUT2D eigenvalue weighted by Crippen LogP contribution is 2.25. The van der Waals surface area contributed by atoms with Gasteiger partial charge in [-0.25, -0.2) is 0 Å². The molecule has 0 aliphatic rings. The SMILES string of the molecule is C=CCCCOc1cc(OC)ccc1CNC. The Balaban J connectivity index is 2.67. The third-order valence-corrected chi connectivity index (χ3v) is 2.45. The Morgan fingerprint density at radius 2 is 2.24 bits per heavy atom. The normalized spacial score (nSPS) is 10.0. The molecule has 0 atom stereocenters. The van der Waals surface area contributed by atoms with Crippen LogP contribution in [-0.2, 0) is 6.54 Å². The number of ether oxygens (including phenoxy) is 2. The number of rotatable bonds is 8. The van der Waals surface area contributed by atoms with Crippen molar-refractivity contribution in [1.29, 1.82) is 0 Å². The van der Waals surface area contributed by atoms with Crippen LogP contribution in [0, 0.1) is 0 Å². The summed E-state index contributed by atoms with van der Waals surface area (Å²) in [5, 5.41) is 3.13. The van der Waals surface area contributed by atoms with E-state index < -0.39 is 0 Å². The number of unbranched alkanes of at least 4 members (excludes halogenated alkanes) is 1. The van der Waals surface area contributed by atoms with Gasteiger partial charge in [-0.3, -0.25) is 0 Å². The van der Waals surface area contributed by atoms with Gasteiger partial charge < -0.3 is 14.8 Å². The second kappa shape index (κ2) is 7.74. The van der Waals surface area contributed by atoms with Crippen molar-refractivity contribution < 1.29 is 9.47 Å². The molecule has 3 heteroatoms. The summed E-state index contributed by atoms with van der Waals surface area (Å²) in [4.78, 5) is 0. The Labute approximate surface area is 103 Å². The Morgan fingerprint density at radius 1 is 1.41 bits per heavy atom. The van der Waals surface area contributed by atoms with Gasteiger partial charge in [0.15, 0.2) is 0 Å². The highest BCUT2D eigenvalue weighted by molar-refractivity contribution is 5.40. The van der Waals surface area contributed by atoms with Crippen LogP contribution < -0.4 is 14.8 Å². The maximum atomic E-state index is 5.77. The molecule has 0 aromatic heterocycles. The van der Waals surface area contributed by atoms with Gasteiger partial charge in [0.1, 0.15) is 11.5 Å². The van der Waals surface area contributed by atoms with Crippen LogP contribution in [0.15, 0.2) is 30.9 Å². The van der Waals surface area contributed by atoms with E-state index in [1.54, 1.807) is 7.11 Å². The third-order valence-electron chi connectivity index (χ3n) is 2.45. The minimum Gasteiger partial charge on any atom is -0.497 e. The molecule has 0 heterocycles. The highest BCUT2D eigenvalue weighted by atomic mass is 16.5. The first-order valence-corrected chi connectivity index (χ1v) is 5.87. The molecular formula is C14H21NO2. The smallest absolute Gasteiger partial charge is 0.127 e. The van der Waals surface area contributed by atoms with Crippen molar-refractivity contribution in [2.75, 3.05) is 20.8 Å². The largest absolute Gasteiger partial charge is 0.497 e. The lowest BCUT2D eigenvalue weighted by Gasteiger charge is -2.12. The molecule has 94 valence electrons. The molecule has 0 spiro atoms. The van der Waals surface area contributed by atoms with E-state index in [9.17, 15) is 0 Å². The molecule has 0 saturated heterocycles. The first-order chi connectivity index (χ1) is 8.31. The molecule has 1 N–H and O–H groups in total. The average molecular weight is 235 g/mol. The van der Waals surface area contributed by atoms with E-state index in [0.29, 0.717) is 6.61 Å². The quantitative estimate of drug-likeness (QED) is 0.555. The van der Waals surface area contributed by atoms with Crippen LogP contribution in [0.3, 0.4) is 0 Å². The molecule has 1 aromatic carbocycles. The number of allylic oxidation sites excluding steroid dienone is 1. The van der Waals surface area contributed by atoms with Crippen molar-refractivity contribution >= 4 is 0 Å². The summed E-state index contributed by atoms with van der Waals surface area (Å²) in [6.07, 6.45) is 3.87. The molecule has 17 heavy (non-hydrogen) atoms. The fourth-order valence-electron chi connectivity index (χ4n) is 1.54. The van der Waals surface area contributed by atoms with Crippen LogP contribution in [0.25, 0.3) is 0 Å². The molecule has 0 aliphatic heterocycles. The van der Waals surface area contributed by atoms with E-state index in [1.807, 2.05) is 31.3 Å². The van der Waals surface area contributed by atoms with Crippen LogP contribution in [0.1, 0.15) is 18.4 Å². The van der Waals surface area contributed by atoms with E-state index in [1.165, 1.54) is 0 Å². The Kier molecular flexibility index (Phi) is 6.18. The highest BCUT2D eigenvalue weighted by Gasteiger charge is 2.04. The zero-order chi connectivity index (χ0) is 12.5. The standard InChI is InChI=1S/C14H21NO2/c1-4-5-6-9-17-14-10-13(16-3)8-7-12(14)11-15-2/h4,7-8,10,15H,1,5-6,9,11H2,2-3H3. The number of nitrogens with one attached hydrogen (secondary N) is 1. The van der Waals surface area contributed by atoms with Crippen LogP contribution in [0.4, 0.5) is 0 Å². The van der Waals surface area contributed by atoms with E-state index in [-0.39, 0.29) is 0 Å². The molecule has 0 saturated carbocycles. The summed E-state index contributed by atoms with van der Waals surface area (Å²) < 4.78 is 11.0. The number of hydrogen-bond acceptors (Lipinski definition) is 3. The third kappa shape index (κ3) is 4.49. The van der Waals surface area contributed by atoms with Gasteiger partial charge in [0.05, 0.1) is 13.7 Å². The van der Waals surface area contributed by atoms with Gasteiger partial charge >= 0.3 is 0 Å². The number of benzene rings is 1. The maximum absolute atomic E-state index is 5.77. The second-order valence-corrected chi connectivity index (χ2v) is 3.78. The number of methoxy groups -OCH3 is 1. The van der Waals surface area contributed by atoms with Gasteiger partial charge in [-0.05, 0) is 26.0 Å². The predicted molar refractivity (Wildman–Crippen MR) is 70.7 cm³/mol. The van der Waals surface area contributed by atoms with E-state index in [0.717, 1.165) is 36.4 Å². The van der Waals surface area contributed by atoms with Gasteiger partial charge in [-0.2, -0.15) is 0 Å². The molecule has 0 unspecified atom stereocenters. The fourth-order valence-corrected chi connectivity index (χ4v) is 1.54. The summed E-state index contributed by atoms with van der Waals surface area (Å²) in [6, 6.07) is 5.90. The van der Waals surface area contributed by atoms with Crippen molar-refractivity contribution in [3.05, 3.63) is 36.4 Å². The lowest BCUT2D eigenvalue weighted by atomic mass is 10.2. The molecular weight excluding hydrogens is 214 g/mol. The molecule has 0 amide bonds. The van der Waals surface area contributed by atoms with Crippen molar-refractivity contribution in [2.45, 2.75) is 19.4 Å². The second-order valence-electron chi connectivity index (χ2n) is 3.78. The van der Waals surface area contributed by atoms with Gasteiger partial charge in [0.2, 0.25) is 0 Å². The minimum absolute atomic E-state index is 0.704. The van der Waals surface area contributed by atoms with Crippen molar-refractivity contribution in [3.8, 4) is 11.5 Å². The summed E-state index contributed by atoms with van der Waals surface area (Å²) in [7, 11) is 3.58. The van der Waals surface area contributed by atoms with E-state index in [2.05, 4.69) is 11.9 Å². The van der Waals surface area contributed by atoms with Crippen molar-refractivity contribution in [3.63, 3.8) is 0 Å². The maximum Gasteiger partial charge on any atom is 0.127 e. The summed E-state index contributed by atoms with van der Waals surface area (Å²) in [5.41, 5.74) is 1.15. The molecule has 0 bridgehead atoms. The molecule has 0 fully saturated rings. The fraction of sp³-hybridized carbons (Fsp3) is 0.429. The Bertz CT molecular complexity index is 350. The van der Waals surface area contributed by atoms with Crippen LogP contribution >= 0.6 is 0 Å². The molecule has 0 radical (unpaired) electrons. The summed E-state index contributed by atoms with van der Waals surface area (Å²) in [6.45, 7) is 5.19. The van der Waals surface area contributed by atoms with Crippen molar-refractivity contribution in [2.24, 2.45) is 0 Å². The van der Waals surface area contributed by atoms with Crippen LogP contribution in [-0.4, -0.2) is 20.8 Å². The first-order valence-electron chi connectivity index (χ1n) is 5.87. The summed E-state index contributed by atoms with van der Waals surface area (Å²) in [5.74, 6) is 1.71. The van der Waals surface area contributed by atoms with Gasteiger partial charge in [-0.15, -0.1) is 6.58 Å². The lowest BCUT2D eigenvalue weighted by Crippen LogP contribution is -2.08. The molecule has 0 aliphatic carbocycles. The molecule has 3 nitrogen and oxygen atoms in total. The predicted octanol–water partition coefficient (Wildman–Crippen LogP) is 2.76. The minimum atomic E-state index is 0.704. The van der Waals surface area contributed by atoms with Crippen LogP contribution in [0.5, 0.6) is 11.5 Å². The van der Waals surface area contributed by atoms with Crippen molar-refractivity contribution in [1.82, 2.24) is 5.32 Å². The first kappa shape index (κ1) is 13.6.